The maximum absolute atomic E-state index is 4.31. The number of nitrogens with zero attached hydrogens (tertiary/aromatic N) is 2. The molecular formula is C16H23IN4S. The van der Waals surface area contributed by atoms with Crippen LogP contribution >= 0.6 is 35.3 Å². The predicted octanol–water partition coefficient (Wildman–Crippen LogP) is 3.54. The molecule has 6 heteroatoms. The maximum Gasteiger partial charge on any atom is 0.191 e. The van der Waals surface area contributed by atoms with Crippen LogP contribution in [-0.2, 0) is 6.42 Å². The molecule has 2 aromatic heterocycles. The molecule has 0 spiro atoms. The van der Waals surface area contributed by atoms with Crippen molar-refractivity contribution < 1.29 is 0 Å². The summed E-state index contributed by atoms with van der Waals surface area (Å²) in [4.78, 5) is 9.88. The number of nitrogens with one attached hydrogen (secondary N) is 2. The Bertz CT molecular complexity index is 566. The van der Waals surface area contributed by atoms with Gasteiger partial charge in [-0.25, -0.2) is 0 Å². The van der Waals surface area contributed by atoms with Crippen LogP contribution in [0, 0.1) is 6.92 Å². The van der Waals surface area contributed by atoms with Gasteiger partial charge >= 0.3 is 0 Å². The van der Waals surface area contributed by atoms with E-state index in [4.69, 9.17) is 0 Å². The minimum Gasteiger partial charge on any atom is -0.356 e. The number of rotatable bonds is 5. The van der Waals surface area contributed by atoms with Gasteiger partial charge < -0.3 is 10.6 Å². The second-order valence-corrected chi connectivity index (χ2v) is 5.92. The lowest BCUT2D eigenvalue weighted by Gasteiger charge is -2.16. The second-order valence-electron chi connectivity index (χ2n) is 4.94. The highest BCUT2D eigenvalue weighted by Crippen LogP contribution is 2.17. The van der Waals surface area contributed by atoms with Gasteiger partial charge in [0.25, 0.3) is 0 Å². The summed E-state index contributed by atoms with van der Waals surface area (Å²) in [6.45, 7) is 4.98. The Morgan fingerprint density at radius 1 is 1.36 bits per heavy atom. The summed E-state index contributed by atoms with van der Waals surface area (Å²) in [6.07, 6.45) is 2.86. The first-order chi connectivity index (χ1) is 10.2. The second kappa shape index (κ2) is 9.78. The van der Waals surface area contributed by atoms with Gasteiger partial charge in [-0.1, -0.05) is 12.1 Å². The Hall–Kier alpha value is -1.15. The molecule has 1 unspecified atom stereocenters. The first kappa shape index (κ1) is 18.9. The minimum absolute atomic E-state index is 0. The molecule has 22 heavy (non-hydrogen) atoms. The Kier molecular flexibility index (Phi) is 8.40. The van der Waals surface area contributed by atoms with Crippen molar-refractivity contribution >= 4 is 41.3 Å². The van der Waals surface area contributed by atoms with Gasteiger partial charge in [-0.05, 0) is 43.3 Å². The van der Waals surface area contributed by atoms with E-state index in [0.717, 1.165) is 24.6 Å². The zero-order chi connectivity index (χ0) is 15.1. The van der Waals surface area contributed by atoms with E-state index < -0.39 is 0 Å². The van der Waals surface area contributed by atoms with Crippen LogP contribution in [0.1, 0.15) is 29.1 Å². The number of hydrogen-bond donors (Lipinski definition) is 2. The molecule has 4 nitrogen and oxygen atoms in total. The maximum atomic E-state index is 4.31. The number of aryl methyl sites for hydroxylation is 1. The third-order valence-electron chi connectivity index (χ3n) is 3.23. The van der Waals surface area contributed by atoms with Gasteiger partial charge in [0.05, 0.1) is 6.04 Å². The van der Waals surface area contributed by atoms with Crippen LogP contribution in [0.15, 0.2) is 40.8 Å². The number of thiophene rings is 1. The van der Waals surface area contributed by atoms with Crippen LogP contribution in [-0.4, -0.2) is 24.5 Å². The van der Waals surface area contributed by atoms with Crippen molar-refractivity contribution in [2.75, 3.05) is 13.6 Å². The fourth-order valence-electron chi connectivity index (χ4n) is 1.98. The standard InChI is InChI=1S/C16H22N4S.HI/c1-12-6-7-14(11-19-12)8-9-18-16(17-3)20-13(2)15-5-4-10-21-15;/h4-7,10-11,13H,8-9H2,1-3H3,(H2,17,18,20);1H. The van der Waals surface area contributed by atoms with Crippen molar-refractivity contribution in [2.24, 2.45) is 4.99 Å². The van der Waals surface area contributed by atoms with Crippen LogP contribution in [0.25, 0.3) is 0 Å². The fraction of sp³-hybridized carbons (Fsp3) is 0.375. The highest BCUT2D eigenvalue weighted by atomic mass is 127. The van der Waals surface area contributed by atoms with Crippen molar-refractivity contribution in [1.82, 2.24) is 15.6 Å². The van der Waals surface area contributed by atoms with Gasteiger partial charge in [-0.15, -0.1) is 35.3 Å². The van der Waals surface area contributed by atoms with Crippen LogP contribution in [0.5, 0.6) is 0 Å². The Labute approximate surface area is 153 Å². The molecule has 0 aliphatic rings. The summed E-state index contributed by atoms with van der Waals surface area (Å²) in [5.41, 5.74) is 2.28. The fourth-order valence-corrected chi connectivity index (χ4v) is 2.71. The van der Waals surface area contributed by atoms with E-state index >= 15 is 0 Å². The van der Waals surface area contributed by atoms with Crippen LogP contribution in [0.4, 0.5) is 0 Å². The van der Waals surface area contributed by atoms with Crippen molar-refractivity contribution in [3.63, 3.8) is 0 Å². The quantitative estimate of drug-likeness (QED) is 0.434. The van der Waals surface area contributed by atoms with E-state index in [-0.39, 0.29) is 30.0 Å². The molecule has 0 radical (unpaired) electrons. The number of hydrogen-bond acceptors (Lipinski definition) is 3. The molecular weight excluding hydrogens is 407 g/mol. The molecule has 0 aromatic carbocycles. The lowest BCUT2D eigenvalue weighted by atomic mass is 10.2. The molecule has 0 aliphatic heterocycles. The molecule has 0 saturated heterocycles. The largest absolute Gasteiger partial charge is 0.356 e. The molecule has 0 saturated carbocycles. The molecule has 2 rings (SSSR count). The Balaban J connectivity index is 0.00000242. The SMILES string of the molecule is CN=C(NCCc1ccc(C)nc1)NC(C)c1cccs1.I. The summed E-state index contributed by atoms with van der Waals surface area (Å²) in [6, 6.07) is 8.62. The van der Waals surface area contributed by atoms with E-state index in [1.54, 1.807) is 18.4 Å². The van der Waals surface area contributed by atoms with Gasteiger partial charge in [0.2, 0.25) is 0 Å². The molecule has 120 valence electrons. The number of halogens is 1. The molecule has 1 atom stereocenters. The predicted molar refractivity (Wildman–Crippen MR) is 105 cm³/mol. The first-order valence-electron chi connectivity index (χ1n) is 7.11. The van der Waals surface area contributed by atoms with Gasteiger partial charge in [0, 0.05) is 30.4 Å². The number of guanidine groups is 1. The molecule has 0 fully saturated rings. The lowest BCUT2D eigenvalue weighted by molar-refractivity contribution is 0.695. The van der Waals surface area contributed by atoms with E-state index in [0.29, 0.717) is 0 Å². The van der Waals surface area contributed by atoms with E-state index in [1.807, 2.05) is 19.2 Å². The molecule has 2 N–H and O–H groups in total. The van der Waals surface area contributed by atoms with Crippen LogP contribution in [0.2, 0.25) is 0 Å². The lowest BCUT2D eigenvalue weighted by Crippen LogP contribution is -2.39. The molecule has 0 amide bonds. The van der Waals surface area contributed by atoms with Crippen molar-refractivity contribution in [3.05, 3.63) is 52.0 Å². The highest BCUT2D eigenvalue weighted by molar-refractivity contribution is 14.0. The highest BCUT2D eigenvalue weighted by Gasteiger charge is 2.08. The summed E-state index contributed by atoms with van der Waals surface area (Å²) in [5.74, 6) is 0.830. The zero-order valence-corrected chi connectivity index (χ0v) is 16.3. The first-order valence-corrected chi connectivity index (χ1v) is 7.99. The zero-order valence-electron chi connectivity index (χ0n) is 13.2. The van der Waals surface area contributed by atoms with Crippen molar-refractivity contribution in [1.29, 1.82) is 0 Å². The summed E-state index contributed by atoms with van der Waals surface area (Å²) in [7, 11) is 1.80. The number of aromatic nitrogens is 1. The normalized spacial score (nSPS) is 12.4. The Morgan fingerprint density at radius 3 is 2.77 bits per heavy atom. The Morgan fingerprint density at radius 2 is 2.18 bits per heavy atom. The number of pyridine rings is 1. The number of aliphatic imine (C=N–C) groups is 1. The molecule has 2 heterocycles. The summed E-state index contributed by atoms with van der Waals surface area (Å²) in [5, 5.41) is 8.83. The summed E-state index contributed by atoms with van der Waals surface area (Å²) < 4.78 is 0. The average molecular weight is 430 g/mol. The van der Waals surface area contributed by atoms with Gasteiger partial charge in [-0.3, -0.25) is 9.98 Å². The van der Waals surface area contributed by atoms with Crippen LogP contribution < -0.4 is 10.6 Å². The third kappa shape index (κ3) is 5.92. The van der Waals surface area contributed by atoms with Gasteiger partial charge in [-0.2, -0.15) is 0 Å². The smallest absolute Gasteiger partial charge is 0.191 e. The van der Waals surface area contributed by atoms with Crippen molar-refractivity contribution in [3.8, 4) is 0 Å². The topological polar surface area (TPSA) is 49.3 Å². The molecule has 0 aliphatic carbocycles. The van der Waals surface area contributed by atoms with Crippen molar-refractivity contribution in [2.45, 2.75) is 26.3 Å². The average Bonchev–Trinajstić information content (AvgIpc) is 3.02. The summed E-state index contributed by atoms with van der Waals surface area (Å²) >= 11 is 1.75. The molecule has 2 aromatic rings. The van der Waals surface area contributed by atoms with Gasteiger partial charge in [0.1, 0.15) is 0 Å². The van der Waals surface area contributed by atoms with Gasteiger partial charge in [0.15, 0.2) is 5.96 Å². The van der Waals surface area contributed by atoms with E-state index in [1.165, 1.54) is 10.4 Å². The monoisotopic (exact) mass is 430 g/mol. The van der Waals surface area contributed by atoms with E-state index in [9.17, 15) is 0 Å². The third-order valence-corrected chi connectivity index (χ3v) is 4.28. The molecule has 0 bridgehead atoms. The minimum atomic E-state index is 0. The van der Waals surface area contributed by atoms with Crippen LogP contribution in [0.3, 0.4) is 0 Å². The van der Waals surface area contributed by atoms with E-state index in [2.05, 4.69) is 51.1 Å².